The first-order valence-electron chi connectivity index (χ1n) is 9.09. The molecule has 0 bridgehead atoms. The highest BCUT2D eigenvalue weighted by Gasteiger charge is 2.33. The fourth-order valence-corrected chi connectivity index (χ4v) is 3.04. The largest absolute Gasteiger partial charge is 0.416 e. The first-order valence-corrected chi connectivity index (χ1v) is 9.09. The van der Waals surface area contributed by atoms with Crippen LogP contribution in [-0.4, -0.2) is 27.2 Å². The van der Waals surface area contributed by atoms with Gasteiger partial charge in [-0.05, 0) is 37.8 Å². The van der Waals surface area contributed by atoms with Gasteiger partial charge in [-0.2, -0.15) is 18.3 Å². The Hall–Kier alpha value is -3.11. The van der Waals surface area contributed by atoms with Gasteiger partial charge in [0, 0.05) is 25.1 Å². The smallest absolute Gasteiger partial charge is 0.379 e. The van der Waals surface area contributed by atoms with Crippen LogP contribution in [0.4, 0.5) is 30.4 Å². The molecule has 1 aliphatic carbocycles. The average molecular weight is 411 g/mol. The zero-order chi connectivity index (χ0) is 21.2. The molecule has 1 aromatic carbocycles. The molecule has 1 amide bonds. The number of alkyl halides is 3. The zero-order valence-electron chi connectivity index (χ0n) is 15.6. The van der Waals surface area contributed by atoms with E-state index in [1.807, 2.05) is 6.92 Å². The Morgan fingerprint density at radius 3 is 2.72 bits per heavy atom. The Morgan fingerprint density at radius 1 is 1.38 bits per heavy atom. The van der Waals surface area contributed by atoms with Crippen LogP contribution in [0.5, 0.6) is 0 Å². The molecule has 29 heavy (non-hydrogen) atoms. The summed E-state index contributed by atoms with van der Waals surface area (Å²) in [6, 6.07) is 4.08. The zero-order valence-corrected chi connectivity index (χ0v) is 15.6. The maximum Gasteiger partial charge on any atom is 0.416 e. The normalized spacial score (nSPS) is 15.0. The number of nitrogens with zero attached hydrogens (tertiary/aromatic N) is 3. The van der Waals surface area contributed by atoms with Crippen molar-refractivity contribution >= 4 is 23.1 Å². The number of anilines is 2. The molecular weight excluding hydrogens is 391 g/mol. The first-order chi connectivity index (χ1) is 13.7. The van der Waals surface area contributed by atoms with E-state index in [1.165, 1.54) is 0 Å². The molecule has 0 radical (unpaired) electrons. The summed E-state index contributed by atoms with van der Waals surface area (Å²) in [4.78, 5) is 22.4. The number of carbonyl (C=O) groups is 1. The second-order valence-corrected chi connectivity index (χ2v) is 6.95. The summed E-state index contributed by atoms with van der Waals surface area (Å²) in [5.41, 5.74) is -1.88. The van der Waals surface area contributed by atoms with Crippen molar-refractivity contribution in [2.75, 3.05) is 17.2 Å². The molecule has 2 N–H and O–H groups in total. The number of carbonyl (C=O) groups excluding carboxylic acids is 1. The number of hydrogen-bond acceptors (Lipinski definition) is 5. The molecule has 156 valence electrons. The number of hydrogen-bond donors (Lipinski definition) is 2. The number of halogens is 3. The second-order valence-electron chi connectivity index (χ2n) is 6.95. The second kappa shape index (κ2) is 8.10. The van der Waals surface area contributed by atoms with Gasteiger partial charge < -0.3 is 10.6 Å². The fourth-order valence-electron chi connectivity index (χ4n) is 3.04. The maximum absolute atomic E-state index is 12.7. The highest BCUT2D eigenvalue weighted by molar-refractivity contribution is 5.90. The van der Waals surface area contributed by atoms with Crippen LogP contribution in [0.25, 0.3) is 0 Å². The molecule has 1 fully saturated rings. The Morgan fingerprint density at radius 2 is 2.10 bits per heavy atom. The molecule has 0 spiro atoms. The third-order valence-electron chi connectivity index (χ3n) is 4.82. The maximum atomic E-state index is 12.7. The molecule has 8 nitrogen and oxygen atoms in total. The van der Waals surface area contributed by atoms with Gasteiger partial charge in [0.05, 0.1) is 22.7 Å². The molecule has 1 atom stereocenters. The van der Waals surface area contributed by atoms with Crippen molar-refractivity contribution in [1.29, 1.82) is 0 Å². The van der Waals surface area contributed by atoms with Crippen LogP contribution in [0.15, 0.2) is 30.5 Å². The standard InChI is InChI=1S/C18H20F3N5O3/c1-11(12-2-3-12)25-16(6-9-23-25)24-17(27)7-8-22-14-5-4-13(18(19,20)21)10-15(14)26(28)29/h4-6,9-12,22H,2-3,7-8H2,1H3,(H,24,27). The van der Waals surface area contributed by atoms with E-state index in [0.717, 1.165) is 25.0 Å². The summed E-state index contributed by atoms with van der Waals surface area (Å²) in [5, 5.41) is 20.7. The van der Waals surface area contributed by atoms with Crippen LogP contribution in [0.2, 0.25) is 0 Å². The molecule has 1 heterocycles. The molecule has 0 aliphatic heterocycles. The Balaban J connectivity index is 1.58. The third-order valence-corrected chi connectivity index (χ3v) is 4.82. The summed E-state index contributed by atoms with van der Waals surface area (Å²) in [7, 11) is 0. The lowest BCUT2D eigenvalue weighted by atomic mass is 10.1. The van der Waals surface area contributed by atoms with Gasteiger partial charge in [0.25, 0.3) is 5.69 Å². The van der Waals surface area contributed by atoms with E-state index in [9.17, 15) is 28.1 Å². The van der Waals surface area contributed by atoms with Gasteiger partial charge in [-0.15, -0.1) is 0 Å². The predicted molar refractivity (Wildman–Crippen MR) is 99.5 cm³/mol. The number of rotatable bonds is 8. The average Bonchev–Trinajstić information content (AvgIpc) is 3.40. The third kappa shape index (κ3) is 5.04. The highest BCUT2D eigenvalue weighted by atomic mass is 19.4. The molecule has 2 aromatic rings. The van der Waals surface area contributed by atoms with Gasteiger partial charge in [-0.1, -0.05) is 0 Å². The number of benzene rings is 1. The summed E-state index contributed by atoms with van der Waals surface area (Å²) in [5.74, 6) is 0.777. The quantitative estimate of drug-likeness (QED) is 0.500. The van der Waals surface area contributed by atoms with Gasteiger partial charge in [-0.25, -0.2) is 4.68 Å². The van der Waals surface area contributed by atoms with Crippen molar-refractivity contribution in [3.63, 3.8) is 0 Å². The number of amides is 1. The molecule has 1 saturated carbocycles. The van der Waals surface area contributed by atoms with Gasteiger partial charge in [0.15, 0.2) is 0 Å². The van der Waals surface area contributed by atoms with Crippen molar-refractivity contribution in [3.8, 4) is 0 Å². The van der Waals surface area contributed by atoms with E-state index in [0.29, 0.717) is 17.8 Å². The SMILES string of the molecule is CC(C1CC1)n1nccc1NC(=O)CCNc1ccc(C(F)(F)F)cc1[N+](=O)[O-]. The molecule has 1 unspecified atom stereocenters. The van der Waals surface area contributed by atoms with Crippen LogP contribution in [0.3, 0.4) is 0 Å². The minimum Gasteiger partial charge on any atom is -0.379 e. The van der Waals surface area contributed by atoms with Crippen molar-refractivity contribution < 1.29 is 22.9 Å². The summed E-state index contributed by atoms with van der Waals surface area (Å²) >= 11 is 0. The minimum absolute atomic E-state index is 0.0182. The van der Waals surface area contributed by atoms with E-state index in [2.05, 4.69) is 15.7 Å². The van der Waals surface area contributed by atoms with E-state index in [1.54, 1.807) is 16.9 Å². The van der Waals surface area contributed by atoms with Crippen LogP contribution < -0.4 is 10.6 Å². The molecule has 1 aliphatic rings. The minimum atomic E-state index is -4.68. The monoisotopic (exact) mass is 411 g/mol. The number of nitro benzene ring substituents is 1. The number of nitro groups is 1. The van der Waals surface area contributed by atoms with Crippen molar-refractivity contribution in [2.45, 2.75) is 38.4 Å². The lowest BCUT2D eigenvalue weighted by molar-refractivity contribution is -0.384. The lowest BCUT2D eigenvalue weighted by Gasteiger charge is -2.15. The fraction of sp³-hybridized carbons (Fsp3) is 0.444. The molecule has 1 aromatic heterocycles. The van der Waals surface area contributed by atoms with Gasteiger partial charge in [0.2, 0.25) is 5.91 Å². The predicted octanol–water partition coefficient (Wildman–Crippen LogP) is 4.22. The van der Waals surface area contributed by atoms with Crippen molar-refractivity contribution in [2.24, 2.45) is 5.92 Å². The molecule has 3 rings (SSSR count). The van der Waals surface area contributed by atoms with Crippen LogP contribution in [0, 0.1) is 16.0 Å². The first kappa shape index (κ1) is 20.6. The summed E-state index contributed by atoms with van der Waals surface area (Å²) in [6.07, 6.45) is -0.850. The van der Waals surface area contributed by atoms with E-state index in [-0.39, 0.29) is 30.6 Å². The number of nitrogens with one attached hydrogen (secondary N) is 2. The lowest BCUT2D eigenvalue weighted by Crippen LogP contribution is -2.20. The summed E-state index contributed by atoms with van der Waals surface area (Å²) in [6.45, 7) is 2.05. The van der Waals surface area contributed by atoms with E-state index < -0.39 is 22.4 Å². The highest BCUT2D eigenvalue weighted by Crippen LogP contribution is 2.40. The Kier molecular flexibility index (Phi) is 5.76. The van der Waals surface area contributed by atoms with Gasteiger partial charge >= 0.3 is 6.18 Å². The topological polar surface area (TPSA) is 102 Å². The van der Waals surface area contributed by atoms with Crippen LogP contribution in [0.1, 0.15) is 37.8 Å². The van der Waals surface area contributed by atoms with Crippen LogP contribution in [-0.2, 0) is 11.0 Å². The number of aromatic nitrogens is 2. The van der Waals surface area contributed by atoms with Crippen molar-refractivity contribution in [3.05, 3.63) is 46.1 Å². The van der Waals surface area contributed by atoms with Gasteiger partial charge in [-0.3, -0.25) is 14.9 Å². The van der Waals surface area contributed by atoms with Crippen molar-refractivity contribution in [1.82, 2.24) is 9.78 Å². The molecule has 11 heteroatoms. The molecular formula is C18H20F3N5O3. The van der Waals surface area contributed by atoms with Crippen LogP contribution >= 0.6 is 0 Å². The van der Waals surface area contributed by atoms with E-state index in [4.69, 9.17) is 0 Å². The van der Waals surface area contributed by atoms with E-state index >= 15 is 0 Å². The Labute approximate surface area is 164 Å². The van der Waals surface area contributed by atoms with Gasteiger partial charge in [0.1, 0.15) is 11.5 Å². The summed E-state index contributed by atoms with van der Waals surface area (Å²) < 4.78 is 40.0. The molecule has 0 saturated heterocycles. The Bertz CT molecular complexity index is 908.